The summed E-state index contributed by atoms with van der Waals surface area (Å²) in [7, 11) is 1.37. The molecule has 0 aliphatic heterocycles. The first-order valence-electron chi connectivity index (χ1n) is 7.54. The first-order chi connectivity index (χ1) is 12.3. The van der Waals surface area contributed by atoms with Gasteiger partial charge in [0.25, 0.3) is 0 Å². The summed E-state index contributed by atoms with van der Waals surface area (Å²) in [4.78, 5) is 4.73. The molecule has 0 aliphatic rings. The fourth-order valence-electron chi connectivity index (χ4n) is 2.18. The number of nitrogens with zero attached hydrogens (tertiary/aromatic N) is 2. The lowest BCUT2D eigenvalue weighted by Crippen LogP contribution is -2.12. The summed E-state index contributed by atoms with van der Waals surface area (Å²) in [5.74, 6) is 0.474. The molecule has 0 spiro atoms. The predicted octanol–water partition coefficient (Wildman–Crippen LogP) is 4.10. The zero-order valence-corrected chi connectivity index (χ0v) is 14.7. The van der Waals surface area contributed by atoms with Crippen molar-refractivity contribution in [3.63, 3.8) is 0 Å². The predicted molar refractivity (Wildman–Crippen MR) is 96.4 cm³/mol. The quantitative estimate of drug-likeness (QED) is 0.357. The zero-order chi connectivity index (χ0) is 19.2. The summed E-state index contributed by atoms with van der Waals surface area (Å²) in [5.41, 5.74) is 0.944. The minimum absolute atomic E-state index is 0. The molecule has 2 aromatic rings. The van der Waals surface area contributed by atoms with Crippen LogP contribution in [0.2, 0.25) is 0 Å². The Bertz CT molecular complexity index is 806. The maximum Gasteiger partial charge on any atom is 0.416 e. The molecule has 5 nitrogen and oxygen atoms in total. The summed E-state index contributed by atoms with van der Waals surface area (Å²) in [6, 6.07) is 11.6. The molecule has 0 bridgehead atoms. The normalized spacial score (nSPS) is 12.3. The Morgan fingerprint density at radius 2 is 1.78 bits per heavy atom. The maximum atomic E-state index is 12.7. The maximum absolute atomic E-state index is 12.7. The van der Waals surface area contributed by atoms with Crippen LogP contribution < -0.4 is 4.74 Å². The Morgan fingerprint density at radius 1 is 1.11 bits per heavy atom. The molecule has 0 amide bonds. The SMILES string of the molecule is CO/N=C(\C(C)=N\O)c1ccc(OCc2cccc(C(F)(F)F)c2)cc1.[B]. The second kappa shape index (κ2) is 9.66. The molecule has 0 fully saturated rings. The van der Waals surface area contributed by atoms with Gasteiger partial charge < -0.3 is 14.8 Å². The van der Waals surface area contributed by atoms with Crippen molar-refractivity contribution < 1.29 is 28.0 Å². The minimum atomic E-state index is -4.39. The first kappa shape index (κ1) is 22.1. The van der Waals surface area contributed by atoms with Gasteiger partial charge in [-0.15, -0.1) is 0 Å². The molecule has 0 saturated heterocycles. The standard InChI is InChI=1S/C18H17F3N2O3.B/c1-12(22-24)17(23-25-2)14-6-8-16(9-7-14)26-11-13-4-3-5-15(10-13)18(19,20)21;/h3-10,24H,11H2,1-2H3;/b22-12+,23-17+;. The Labute approximate surface area is 156 Å². The van der Waals surface area contributed by atoms with Crippen molar-refractivity contribution >= 4 is 19.8 Å². The van der Waals surface area contributed by atoms with Crippen molar-refractivity contribution in [2.24, 2.45) is 10.3 Å². The van der Waals surface area contributed by atoms with Gasteiger partial charge in [-0.25, -0.2) is 0 Å². The molecule has 9 heteroatoms. The molecule has 3 radical (unpaired) electrons. The summed E-state index contributed by atoms with van der Waals surface area (Å²) >= 11 is 0. The van der Waals surface area contributed by atoms with E-state index in [0.717, 1.165) is 12.1 Å². The van der Waals surface area contributed by atoms with Gasteiger partial charge >= 0.3 is 6.18 Å². The van der Waals surface area contributed by atoms with E-state index >= 15 is 0 Å². The zero-order valence-electron chi connectivity index (χ0n) is 14.7. The third-order valence-corrected chi connectivity index (χ3v) is 3.46. The van der Waals surface area contributed by atoms with Gasteiger partial charge in [0.2, 0.25) is 0 Å². The number of hydrogen-bond acceptors (Lipinski definition) is 5. The smallest absolute Gasteiger partial charge is 0.416 e. The fourth-order valence-corrected chi connectivity index (χ4v) is 2.18. The molecule has 0 aliphatic carbocycles. The van der Waals surface area contributed by atoms with Gasteiger partial charge in [-0.2, -0.15) is 13.2 Å². The molecule has 2 rings (SSSR count). The van der Waals surface area contributed by atoms with Crippen LogP contribution >= 0.6 is 0 Å². The number of benzene rings is 2. The largest absolute Gasteiger partial charge is 0.489 e. The van der Waals surface area contributed by atoms with E-state index in [1.165, 1.54) is 13.2 Å². The number of alkyl halides is 3. The average Bonchev–Trinajstić information content (AvgIpc) is 2.64. The fraction of sp³-hybridized carbons (Fsp3) is 0.222. The van der Waals surface area contributed by atoms with Crippen LogP contribution in [-0.2, 0) is 17.6 Å². The van der Waals surface area contributed by atoms with Crippen LogP contribution in [0.15, 0.2) is 58.8 Å². The number of ether oxygens (including phenoxy) is 1. The Hall–Kier alpha value is -2.97. The molecular weight excluding hydrogens is 360 g/mol. The van der Waals surface area contributed by atoms with Crippen molar-refractivity contribution in [3.05, 3.63) is 65.2 Å². The number of rotatable bonds is 6. The molecule has 27 heavy (non-hydrogen) atoms. The monoisotopic (exact) mass is 377 g/mol. The van der Waals surface area contributed by atoms with E-state index in [0.29, 0.717) is 22.6 Å². The molecular formula is C18H17BF3N2O3. The highest BCUT2D eigenvalue weighted by molar-refractivity contribution is 6.47. The van der Waals surface area contributed by atoms with Gasteiger partial charge in [0.1, 0.15) is 30.9 Å². The van der Waals surface area contributed by atoms with E-state index in [9.17, 15) is 13.2 Å². The molecule has 0 saturated carbocycles. The highest BCUT2D eigenvalue weighted by atomic mass is 19.4. The molecule has 0 atom stereocenters. The first-order valence-corrected chi connectivity index (χ1v) is 7.54. The number of oxime groups is 2. The van der Waals surface area contributed by atoms with Crippen LogP contribution in [-0.4, -0.2) is 32.2 Å². The minimum Gasteiger partial charge on any atom is -0.489 e. The van der Waals surface area contributed by atoms with Crippen LogP contribution in [0.1, 0.15) is 23.6 Å². The Balaban J connectivity index is 0.00000364. The molecule has 0 unspecified atom stereocenters. The molecule has 1 N–H and O–H groups in total. The van der Waals surface area contributed by atoms with Crippen LogP contribution in [0.25, 0.3) is 0 Å². The van der Waals surface area contributed by atoms with Gasteiger partial charge in [0.05, 0.1) is 5.56 Å². The van der Waals surface area contributed by atoms with Crippen LogP contribution in [0.5, 0.6) is 5.75 Å². The van der Waals surface area contributed by atoms with E-state index < -0.39 is 11.7 Å². The number of hydrogen-bond donors (Lipinski definition) is 1. The molecule has 2 aromatic carbocycles. The van der Waals surface area contributed by atoms with Gasteiger partial charge in [0, 0.05) is 14.0 Å². The van der Waals surface area contributed by atoms with Crippen LogP contribution in [0, 0.1) is 0 Å². The van der Waals surface area contributed by atoms with Crippen LogP contribution in [0.4, 0.5) is 13.2 Å². The second-order valence-corrected chi connectivity index (χ2v) is 5.32. The van der Waals surface area contributed by atoms with E-state index in [4.69, 9.17) is 14.8 Å². The van der Waals surface area contributed by atoms with Gasteiger partial charge in [-0.1, -0.05) is 22.4 Å². The topological polar surface area (TPSA) is 63.4 Å². The van der Waals surface area contributed by atoms with Crippen molar-refractivity contribution in [3.8, 4) is 5.75 Å². The van der Waals surface area contributed by atoms with E-state index in [-0.39, 0.29) is 20.7 Å². The Morgan fingerprint density at radius 3 is 2.33 bits per heavy atom. The van der Waals surface area contributed by atoms with Crippen molar-refractivity contribution in [2.45, 2.75) is 19.7 Å². The Kier molecular flexibility index (Phi) is 7.89. The lowest BCUT2D eigenvalue weighted by molar-refractivity contribution is -0.137. The third kappa shape index (κ3) is 6.05. The summed E-state index contributed by atoms with van der Waals surface area (Å²) < 4.78 is 43.7. The van der Waals surface area contributed by atoms with Crippen molar-refractivity contribution in [1.82, 2.24) is 0 Å². The van der Waals surface area contributed by atoms with Gasteiger partial charge in [0.15, 0.2) is 0 Å². The third-order valence-electron chi connectivity index (χ3n) is 3.46. The summed E-state index contributed by atoms with van der Waals surface area (Å²) in [6.07, 6.45) is -4.39. The molecule has 0 aromatic heterocycles. The highest BCUT2D eigenvalue weighted by Crippen LogP contribution is 2.29. The lowest BCUT2D eigenvalue weighted by atomic mass is 10.1. The van der Waals surface area contributed by atoms with Crippen molar-refractivity contribution in [1.29, 1.82) is 0 Å². The van der Waals surface area contributed by atoms with E-state index in [1.54, 1.807) is 37.3 Å². The molecule has 141 valence electrons. The number of halogens is 3. The second-order valence-electron chi connectivity index (χ2n) is 5.32. The van der Waals surface area contributed by atoms with Crippen molar-refractivity contribution in [2.75, 3.05) is 7.11 Å². The average molecular weight is 377 g/mol. The van der Waals surface area contributed by atoms with Gasteiger partial charge in [-0.3, -0.25) is 0 Å². The summed E-state index contributed by atoms with van der Waals surface area (Å²) in [6.45, 7) is 1.56. The lowest BCUT2D eigenvalue weighted by Gasteiger charge is -2.10. The van der Waals surface area contributed by atoms with E-state index in [2.05, 4.69) is 10.3 Å². The highest BCUT2D eigenvalue weighted by Gasteiger charge is 2.30. The van der Waals surface area contributed by atoms with Crippen LogP contribution in [0.3, 0.4) is 0 Å². The van der Waals surface area contributed by atoms with E-state index in [1.807, 2.05) is 0 Å². The van der Waals surface area contributed by atoms with Gasteiger partial charge in [-0.05, 0) is 48.9 Å². The molecule has 0 heterocycles. The summed E-state index contributed by atoms with van der Waals surface area (Å²) in [5, 5.41) is 15.8.